The molecule has 0 heterocycles. The van der Waals surface area contributed by atoms with Crippen molar-refractivity contribution in [1.82, 2.24) is 0 Å². The number of nitrogens with one attached hydrogen (secondary N) is 4. The Hall–Kier alpha value is -4.29. The molecule has 0 amide bonds. The second-order valence-corrected chi connectivity index (χ2v) is 12.8. The lowest BCUT2D eigenvalue weighted by molar-refractivity contribution is 0.475. The molecule has 8 N–H and O–H groups in total. The van der Waals surface area contributed by atoms with Crippen molar-refractivity contribution in [3.05, 3.63) is 97.1 Å². The first-order chi connectivity index (χ1) is 17.9. The first-order valence-electron chi connectivity index (χ1n) is 11.9. The van der Waals surface area contributed by atoms with Crippen LogP contribution in [0.1, 0.15) is 0 Å². The molecular formula is C28H32N4O4P+. The van der Waals surface area contributed by atoms with Crippen molar-refractivity contribution in [2.75, 3.05) is 46.4 Å². The molecule has 9 heteroatoms. The van der Waals surface area contributed by atoms with Crippen molar-refractivity contribution in [2.45, 2.75) is 0 Å². The van der Waals surface area contributed by atoms with Crippen molar-refractivity contribution in [2.24, 2.45) is 0 Å². The summed E-state index contributed by atoms with van der Waals surface area (Å²) in [5.41, 5.74) is 3.62. The average molecular weight is 520 g/mol. The molecule has 0 saturated carbocycles. The topological polar surface area (TPSA) is 129 Å². The van der Waals surface area contributed by atoms with E-state index in [0.29, 0.717) is 25.1 Å². The summed E-state index contributed by atoms with van der Waals surface area (Å²) in [5, 5.41) is 52.9. The van der Waals surface area contributed by atoms with Gasteiger partial charge in [-0.2, -0.15) is 0 Å². The van der Waals surface area contributed by atoms with E-state index in [9.17, 15) is 20.4 Å². The predicted octanol–water partition coefficient (Wildman–Crippen LogP) is 6.10. The number of hydrogen-bond acceptors (Lipinski definition) is 8. The minimum absolute atomic E-state index is 0.212. The highest BCUT2D eigenvalue weighted by molar-refractivity contribution is 7.76. The van der Waals surface area contributed by atoms with Crippen LogP contribution in [0.4, 0.5) is 22.7 Å². The molecule has 0 spiro atoms. The Labute approximate surface area is 217 Å². The quantitative estimate of drug-likeness (QED) is 0.0832. The molecule has 0 radical (unpaired) electrons. The minimum Gasteiger partial charge on any atom is -0.508 e. The molecule has 0 aliphatic rings. The predicted molar refractivity (Wildman–Crippen MR) is 153 cm³/mol. The van der Waals surface area contributed by atoms with Gasteiger partial charge in [-0.25, -0.2) is 0 Å². The number of phenolic OH excluding ortho intramolecular Hbond substituents is 4. The zero-order valence-electron chi connectivity index (χ0n) is 20.3. The van der Waals surface area contributed by atoms with Gasteiger partial charge in [-0.1, -0.05) is 0 Å². The van der Waals surface area contributed by atoms with Gasteiger partial charge in [0.2, 0.25) is 0 Å². The third-order valence-corrected chi connectivity index (χ3v) is 9.26. The monoisotopic (exact) mass is 519 g/mol. The van der Waals surface area contributed by atoms with E-state index in [1.165, 1.54) is 0 Å². The summed E-state index contributed by atoms with van der Waals surface area (Å²) in [6.07, 6.45) is 2.72. The number of anilines is 4. The Bertz CT molecular complexity index is 1050. The average Bonchev–Trinajstić information content (AvgIpc) is 2.91. The normalized spacial score (nSPS) is 11.0. The van der Waals surface area contributed by atoms with Crippen LogP contribution in [0.3, 0.4) is 0 Å². The van der Waals surface area contributed by atoms with Crippen molar-refractivity contribution in [3.8, 4) is 23.0 Å². The SMILES string of the molecule is Oc1ccc(NC[P+](CNc2ccc(O)cc2)(CNc2ccc(O)cc2)CNc2ccc(O)cc2)cc1. The number of benzene rings is 4. The molecule has 0 atom stereocenters. The highest BCUT2D eigenvalue weighted by Gasteiger charge is 2.38. The zero-order chi connectivity index (χ0) is 26.1. The van der Waals surface area contributed by atoms with Gasteiger partial charge in [0.05, 0.1) is 7.26 Å². The van der Waals surface area contributed by atoms with Gasteiger partial charge < -0.3 is 41.7 Å². The maximum atomic E-state index is 9.67. The van der Waals surface area contributed by atoms with Crippen molar-refractivity contribution in [1.29, 1.82) is 0 Å². The fourth-order valence-corrected chi connectivity index (χ4v) is 6.43. The van der Waals surface area contributed by atoms with E-state index in [1.807, 2.05) is 48.5 Å². The highest BCUT2D eigenvalue weighted by atomic mass is 31.2. The van der Waals surface area contributed by atoms with Crippen LogP contribution in [0, 0.1) is 0 Å². The molecular weight excluding hydrogens is 487 g/mol. The molecule has 8 nitrogen and oxygen atoms in total. The van der Waals surface area contributed by atoms with Gasteiger partial charge in [0, 0.05) is 22.7 Å². The Morgan fingerprint density at radius 1 is 0.351 bits per heavy atom. The molecule has 0 aliphatic heterocycles. The van der Waals surface area contributed by atoms with Crippen LogP contribution in [0.25, 0.3) is 0 Å². The summed E-state index contributed by atoms with van der Waals surface area (Å²) in [6, 6.07) is 28.0. The van der Waals surface area contributed by atoms with Crippen molar-refractivity contribution in [3.63, 3.8) is 0 Å². The molecule has 4 aromatic carbocycles. The molecule has 0 unspecified atom stereocenters. The van der Waals surface area contributed by atoms with E-state index in [0.717, 1.165) is 22.7 Å². The lowest BCUT2D eigenvalue weighted by atomic mass is 10.3. The standard InChI is InChI=1S/C28H31N4O4P/c33-25-9-1-21(2-10-25)29-17-37(18-30-22-3-11-26(34)12-4-22,19-31-23-5-13-27(35)14-6-23)20-32-24-7-15-28(36)16-8-24/h1-16,29-32H,17-20H2,(H3-,33,34,35,36)/p+1. The molecule has 0 saturated heterocycles. The van der Waals surface area contributed by atoms with Gasteiger partial charge in [0.15, 0.2) is 0 Å². The third-order valence-electron chi connectivity index (χ3n) is 5.94. The molecule has 4 rings (SSSR count). The van der Waals surface area contributed by atoms with E-state index in [1.54, 1.807) is 48.5 Å². The molecule has 0 fully saturated rings. The van der Waals surface area contributed by atoms with Gasteiger partial charge in [0.1, 0.15) is 48.1 Å². The number of phenols is 4. The molecule has 4 aromatic rings. The molecule has 0 bridgehead atoms. The lowest BCUT2D eigenvalue weighted by Gasteiger charge is -2.30. The molecule has 0 aliphatic carbocycles. The zero-order valence-corrected chi connectivity index (χ0v) is 21.2. The summed E-state index contributed by atoms with van der Waals surface area (Å²) in [4.78, 5) is 0. The smallest absolute Gasteiger partial charge is 0.133 e. The Balaban J connectivity index is 1.58. The molecule has 0 aromatic heterocycles. The molecule has 192 valence electrons. The van der Waals surface area contributed by atoms with Crippen molar-refractivity contribution >= 4 is 30.0 Å². The van der Waals surface area contributed by atoms with Gasteiger partial charge in [-0.3, -0.25) is 0 Å². The summed E-state index contributed by atoms with van der Waals surface area (Å²) in [5.74, 6) is 0.847. The van der Waals surface area contributed by atoms with Crippen LogP contribution in [-0.4, -0.2) is 45.6 Å². The van der Waals surface area contributed by atoms with E-state index in [4.69, 9.17) is 0 Å². The van der Waals surface area contributed by atoms with Gasteiger partial charge in [-0.15, -0.1) is 0 Å². The summed E-state index contributed by atoms with van der Waals surface area (Å²) < 4.78 is 0. The van der Waals surface area contributed by atoms with Crippen LogP contribution in [-0.2, 0) is 0 Å². The van der Waals surface area contributed by atoms with E-state index in [-0.39, 0.29) is 23.0 Å². The summed E-state index contributed by atoms with van der Waals surface area (Å²) >= 11 is 0. The lowest BCUT2D eigenvalue weighted by Crippen LogP contribution is -2.27. The Morgan fingerprint density at radius 2 is 0.541 bits per heavy atom. The minimum atomic E-state index is -1.90. The summed E-state index contributed by atoms with van der Waals surface area (Å²) in [7, 11) is -1.90. The number of hydrogen-bond donors (Lipinski definition) is 8. The van der Waals surface area contributed by atoms with Crippen molar-refractivity contribution < 1.29 is 20.4 Å². The fourth-order valence-electron chi connectivity index (χ4n) is 3.69. The second-order valence-electron chi connectivity index (χ2n) is 8.87. The van der Waals surface area contributed by atoms with E-state index in [2.05, 4.69) is 21.3 Å². The highest BCUT2D eigenvalue weighted by Crippen LogP contribution is 2.57. The third kappa shape index (κ3) is 7.85. The first-order valence-corrected chi connectivity index (χ1v) is 14.4. The van der Waals surface area contributed by atoms with Crippen LogP contribution >= 0.6 is 7.26 Å². The van der Waals surface area contributed by atoms with Crippen LogP contribution < -0.4 is 21.3 Å². The Morgan fingerprint density at radius 3 is 0.730 bits per heavy atom. The largest absolute Gasteiger partial charge is 0.508 e. The fraction of sp³-hybridized carbons (Fsp3) is 0.143. The molecule has 37 heavy (non-hydrogen) atoms. The van der Waals surface area contributed by atoms with Crippen LogP contribution in [0.15, 0.2) is 97.1 Å². The van der Waals surface area contributed by atoms with Gasteiger partial charge in [0.25, 0.3) is 0 Å². The second kappa shape index (κ2) is 12.1. The Kier molecular flexibility index (Phi) is 8.44. The van der Waals surface area contributed by atoms with Gasteiger partial charge in [-0.05, 0) is 97.1 Å². The first kappa shape index (κ1) is 25.8. The number of aromatic hydroxyl groups is 4. The van der Waals surface area contributed by atoms with Crippen LogP contribution in [0.2, 0.25) is 0 Å². The summed E-state index contributed by atoms with van der Waals surface area (Å²) in [6.45, 7) is 0. The van der Waals surface area contributed by atoms with E-state index >= 15 is 0 Å². The van der Waals surface area contributed by atoms with Gasteiger partial charge >= 0.3 is 0 Å². The number of rotatable bonds is 12. The maximum Gasteiger partial charge on any atom is 0.133 e. The van der Waals surface area contributed by atoms with E-state index < -0.39 is 7.26 Å². The van der Waals surface area contributed by atoms with Crippen LogP contribution in [0.5, 0.6) is 23.0 Å². The maximum absolute atomic E-state index is 9.67.